The van der Waals surface area contributed by atoms with Crippen LogP contribution < -0.4 is 25.1 Å². The van der Waals surface area contributed by atoms with E-state index in [1.54, 1.807) is 42.5 Å². The van der Waals surface area contributed by atoms with E-state index in [0.29, 0.717) is 28.4 Å². The lowest BCUT2D eigenvalue weighted by Crippen LogP contribution is -2.41. The predicted molar refractivity (Wildman–Crippen MR) is 96.7 cm³/mol. The van der Waals surface area contributed by atoms with Crippen molar-refractivity contribution in [2.75, 3.05) is 14.2 Å². The van der Waals surface area contributed by atoms with Crippen LogP contribution in [0.15, 0.2) is 42.5 Å². The third-order valence-electron chi connectivity index (χ3n) is 3.43. The van der Waals surface area contributed by atoms with Crippen molar-refractivity contribution in [3.63, 3.8) is 0 Å². The molecule has 2 aromatic carbocycles. The second-order valence-corrected chi connectivity index (χ2v) is 5.64. The third kappa shape index (κ3) is 4.66. The summed E-state index contributed by atoms with van der Waals surface area (Å²) in [6.45, 7) is 3.79. The number of benzene rings is 2. The van der Waals surface area contributed by atoms with Crippen LogP contribution in [0, 0.1) is 0 Å². The molecule has 0 atom stereocenters. The van der Waals surface area contributed by atoms with Gasteiger partial charge in [-0.2, -0.15) is 0 Å². The SMILES string of the molecule is COc1cc(C(=O)NNC(=O)c2ccccc2OC)ccc1OC(C)C. The maximum atomic E-state index is 12.3. The number of rotatable bonds is 6. The first-order chi connectivity index (χ1) is 12.5. The third-order valence-corrected chi connectivity index (χ3v) is 3.43. The lowest BCUT2D eigenvalue weighted by Gasteiger charge is -2.15. The summed E-state index contributed by atoms with van der Waals surface area (Å²) < 4.78 is 16.0. The fourth-order valence-corrected chi connectivity index (χ4v) is 2.25. The van der Waals surface area contributed by atoms with Crippen LogP contribution >= 0.6 is 0 Å². The standard InChI is InChI=1S/C19H22N2O5/c1-12(2)26-16-10-9-13(11-17(16)25-4)18(22)20-21-19(23)14-7-5-6-8-15(14)24-3/h5-12H,1-4H3,(H,20,22)(H,21,23). The lowest BCUT2D eigenvalue weighted by molar-refractivity contribution is 0.0844. The molecular weight excluding hydrogens is 336 g/mol. The van der Waals surface area contributed by atoms with Gasteiger partial charge in [-0.3, -0.25) is 20.4 Å². The number of para-hydroxylation sites is 1. The van der Waals surface area contributed by atoms with Gasteiger partial charge in [-0.25, -0.2) is 0 Å². The van der Waals surface area contributed by atoms with Gasteiger partial charge in [0.25, 0.3) is 11.8 Å². The summed E-state index contributed by atoms with van der Waals surface area (Å²) in [5.41, 5.74) is 5.37. The number of carbonyl (C=O) groups is 2. The second kappa shape index (κ2) is 8.75. The van der Waals surface area contributed by atoms with Crippen LogP contribution in [0.1, 0.15) is 34.6 Å². The summed E-state index contributed by atoms with van der Waals surface area (Å²) in [6, 6.07) is 11.5. The molecule has 2 N–H and O–H groups in total. The van der Waals surface area contributed by atoms with Crippen molar-refractivity contribution in [3.8, 4) is 17.2 Å². The van der Waals surface area contributed by atoms with Gasteiger partial charge in [0.15, 0.2) is 11.5 Å². The molecule has 0 aliphatic carbocycles. The Morgan fingerprint density at radius 1 is 0.846 bits per heavy atom. The molecule has 0 saturated heterocycles. The molecule has 0 unspecified atom stereocenters. The monoisotopic (exact) mass is 358 g/mol. The summed E-state index contributed by atoms with van der Waals surface area (Å²) in [5, 5.41) is 0. The summed E-state index contributed by atoms with van der Waals surface area (Å²) in [5.74, 6) is 0.417. The van der Waals surface area contributed by atoms with Crippen LogP contribution in [-0.2, 0) is 0 Å². The molecule has 7 nitrogen and oxygen atoms in total. The van der Waals surface area contributed by atoms with Crippen molar-refractivity contribution in [2.24, 2.45) is 0 Å². The quantitative estimate of drug-likeness (QED) is 0.775. The first kappa shape index (κ1) is 19.1. The van der Waals surface area contributed by atoms with Gasteiger partial charge in [0.1, 0.15) is 5.75 Å². The zero-order valence-corrected chi connectivity index (χ0v) is 15.2. The van der Waals surface area contributed by atoms with E-state index in [1.165, 1.54) is 14.2 Å². The van der Waals surface area contributed by atoms with Crippen molar-refractivity contribution >= 4 is 11.8 Å². The minimum Gasteiger partial charge on any atom is -0.496 e. The van der Waals surface area contributed by atoms with Crippen LogP contribution in [0.2, 0.25) is 0 Å². The zero-order valence-electron chi connectivity index (χ0n) is 15.2. The van der Waals surface area contributed by atoms with Crippen LogP contribution in [0.25, 0.3) is 0 Å². The average Bonchev–Trinajstić information content (AvgIpc) is 2.65. The summed E-state index contributed by atoms with van der Waals surface area (Å²) >= 11 is 0. The highest BCUT2D eigenvalue weighted by Crippen LogP contribution is 2.28. The van der Waals surface area contributed by atoms with E-state index in [0.717, 1.165) is 0 Å². The Kier molecular flexibility index (Phi) is 6.43. The summed E-state index contributed by atoms with van der Waals surface area (Å²) in [6.07, 6.45) is -0.0243. The number of hydrazine groups is 1. The van der Waals surface area contributed by atoms with E-state index in [-0.39, 0.29) is 6.10 Å². The molecule has 0 aromatic heterocycles. The Morgan fingerprint density at radius 3 is 2.15 bits per heavy atom. The van der Waals surface area contributed by atoms with Gasteiger partial charge < -0.3 is 14.2 Å². The molecule has 0 radical (unpaired) electrons. The molecule has 2 aromatic rings. The lowest BCUT2D eigenvalue weighted by atomic mass is 10.2. The maximum Gasteiger partial charge on any atom is 0.273 e. The van der Waals surface area contributed by atoms with E-state index in [9.17, 15) is 9.59 Å². The number of carbonyl (C=O) groups excluding carboxylic acids is 2. The first-order valence-electron chi connectivity index (χ1n) is 8.04. The molecule has 7 heteroatoms. The van der Waals surface area contributed by atoms with Crippen LogP contribution in [0.3, 0.4) is 0 Å². The molecule has 26 heavy (non-hydrogen) atoms. The Bertz CT molecular complexity index is 789. The van der Waals surface area contributed by atoms with Crippen molar-refractivity contribution in [1.82, 2.24) is 10.9 Å². The van der Waals surface area contributed by atoms with Crippen LogP contribution in [0.4, 0.5) is 0 Å². The highest BCUT2D eigenvalue weighted by atomic mass is 16.5. The topological polar surface area (TPSA) is 85.9 Å². The molecule has 0 fully saturated rings. The number of amides is 2. The van der Waals surface area contributed by atoms with Crippen molar-refractivity contribution < 1.29 is 23.8 Å². The molecule has 2 amide bonds. The fourth-order valence-electron chi connectivity index (χ4n) is 2.25. The van der Waals surface area contributed by atoms with Crippen LogP contribution in [0.5, 0.6) is 17.2 Å². The zero-order chi connectivity index (χ0) is 19.1. The largest absolute Gasteiger partial charge is 0.496 e. The Hall–Kier alpha value is -3.22. The average molecular weight is 358 g/mol. The van der Waals surface area contributed by atoms with Gasteiger partial charge in [-0.05, 0) is 44.2 Å². The number of nitrogens with one attached hydrogen (secondary N) is 2. The van der Waals surface area contributed by atoms with Gasteiger partial charge in [-0.1, -0.05) is 12.1 Å². The molecule has 0 bridgehead atoms. The molecule has 0 aliphatic heterocycles. The number of hydrogen-bond acceptors (Lipinski definition) is 5. The van der Waals surface area contributed by atoms with E-state index in [2.05, 4.69) is 10.9 Å². The Balaban J connectivity index is 2.06. The van der Waals surface area contributed by atoms with E-state index >= 15 is 0 Å². The van der Waals surface area contributed by atoms with Gasteiger partial charge >= 0.3 is 0 Å². The summed E-state index contributed by atoms with van der Waals surface area (Å²) in [4.78, 5) is 24.5. The van der Waals surface area contributed by atoms with Crippen LogP contribution in [-0.4, -0.2) is 32.1 Å². The molecule has 0 aliphatic rings. The van der Waals surface area contributed by atoms with E-state index in [1.807, 2.05) is 13.8 Å². The van der Waals surface area contributed by atoms with Crippen molar-refractivity contribution in [1.29, 1.82) is 0 Å². The van der Waals surface area contributed by atoms with E-state index < -0.39 is 11.8 Å². The molecular formula is C19H22N2O5. The number of ether oxygens (including phenoxy) is 3. The molecule has 0 spiro atoms. The van der Waals surface area contributed by atoms with Gasteiger partial charge in [-0.15, -0.1) is 0 Å². The van der Waals surface area contributed by atoms with Gasteiger partial charge in [0, 0.05) is 5.56 Å². The predicted octanol–water partition coefficient (Wildman–Crippen LogP) is 2.57. The minimum atomic E-state index is -0.484. The van der Waals surface area contributed by atoms with Gasteiger partial charge in [0.2, 0.25) is 0 Å². The minimum absolute atomic E-state index is 0.0243. The fraction of sp³-hybridized carbons (Fsp3) is 0.263. The first-order valence-corrected chi connectivity index (χ1v) is 8.04. The number of methoxy groups -OCH3 is 2. The van der Waals surface area contributed by atoms with E-state index in [4.69, 9.17) is 14.2 Å². The molecule has 0 heterocycles. The normalized spacial score (nSPS) is 10.2. The maximum absolute atomic E-state index is 12.3. The second-order valence-electron chi connectivity index (χ2n) is 5.64. The highest BCUT2D eigenvalue weighted by Gasteiger charge is 2.15. The Morgan fingerprint density at radius 2 is 1.50 bits per heavy atom. The van der Waals surface area contributed by atoms with Gasteiger partial charge in [0.05, 0.1) is 25.9 Å². The number of hydrogen-bond donors (Lipinski definition) is 2. The summed E-state index contributed by atoms with van der Waals surface area (Å²) in [7, 11) is 2.96. The molecule has 138 valence electrons. The highest BCUT2D eigenvalue weighted by molar-refractivity contribution is 6.00. The van der Waals surface area contributed by atoms with Crippen molar-refractivity contribution in [3.05, 3.63) is 53.6 Å². The molecule has 0 saturated carbocycles. The smallest absolute Gasteiger partial charge is 0.273 e. The molecule has 2 rings (SSSR count). The van der Waals surface area contributed by atoms with Crippen molar-refractivity contribution in [2.45, 2.75) is 20.0 Å². The Labute approximate surface area is 152 Å².